The normalized spacial score (nSPS) is 10.3. The first kappa shape index (κ1) is 17.8. The maximum Gasteiger partial charge on any atom is 0.251 e. The number of thioether (sulfide) groups is 1. The zero-order valence-corrected chi connectivity index (χ0v) is 14.9. The largest absolute Gasteiger partial charge is 0.457 e. The second-order valence-electron chi connectivity index (χ2n) is 5.47. The van der Waals surface area contributed by atoms with E-state index in [2.05, 4.69) is 15.3 Å². The highest BCUT2D eigenvalue weighted by atomic mass is 32.2. The Kier molecular flexibility index (Phi) is 5.70. The number of amides is 1. The molecule has 0 radical (unpaired) electrons. The van der Waals surface area contributed by atoms with E-state index in [1.54, 1.807) is 31.2 Å². The fourth-order valence-electron chi connectivity index (χ4n) is 2.18. The highest BCUT2D eigenvalue weighted by Crippen LogP contribution is 2.22. The quantitative estimate of drug-likeness (QED) is 0.514. The Hall–Kier alpha value is -3.06. The van der Waals surface area contributed by atoms with Crippen LogP contribution in [0, 0.1) is 6.92 Å². The van der Waals surface area contributed by atoms with Crippen LogP contribution in [0.2, 0.25) is 0 Å². The van der Waals surface area contributed by atoms with Gasteiger partial charge < -0.3 is 15.0 Å². The number of nitrogens with one attached hydrogen (secondary N) is 2. The van der Waals surface area contributed by atoms with Crippen LogP contribution in [0.15, 0.2) is 70.6 Å². The van der Waals surface area contributed by atoms with Gasteiger partial charge >= 0.3 is 0 Å². The summed E-state index contributed by atoms with van der Waals surface area (Å²) >= 11 is 1.18. The SMILES string of the molecule is Cc1cc(=O)[nH]c(SCC(=O)Nc2ccc(Oc3ccccc3)cc2)n1. The molecule has 0 saturated carbocycles. The van der Waals surface area contributed by atoms with E-state index < -0.39 is 0 Å². The molecule has 0 aliphatic heterocycles. The van der Waals surface area contributed by atoms with Crippen molar-refractivity contribution in [3.63, 3.8) is 0 Å². The smallest absolute Gasteiger partial charge is 0.251 e. The van der Waals surface area contributed by atoms with Crippen molar-refractivity contribution in [2.75, 3.05) is 11.1 Å². The fourth-order valence-corrected chi connectivity index (χ4v) is 2.90. The molecular weight excluding hydrogens is 350 g/mol. The summed E-state index contributed by atoms with van der Waals surface area (Å²) in [5.41, 5.74) is 1.06. The molecule has 3 aromatic rings. The molecule has 132 valence electrons. The zero-order valence-electron chi connectivity index (χ0n) is 14.1. The number of aromatic amines is 1. The van der Waals surface area contributed by atoms with Crippen molar-refractivity contribution in [2.24, 2.45) is 0 Å². The van der Waals surface area contributed by atoms with Gasteiger partial charge in [0.05, 0.1) is 5.75 Å². The lowest BCUT2D eigenvalue weighted by Gasteiger charge is -2.08. The number of hydrogen-bond acceptors (Lipinski definition) is 5. The summed E-state index contributed by atoms with van der Waals surface area (Å²) in [6, 6.07) is 18.0. The Morgan fingerprint density at radius 1 is 1.12 bits per heavy atom. The molecule has 26 heavy (non-hydrogen) atoms. The van der Waals surface area contributed by atoms with Crippen LogP contribution < -0.4 is 15.6 Å². The third kappa shape index (κ3) is 5.22. The van der Waals surface area contributed by atoms with E-state index in [1.165, 1.54) is 17.8 Å². The van der Waals surface area contributed by atoms with Crippen LogP contribution in [-0.2, 0) is 4.79 Å². The Morgan fingerprint density at radius 3 is 2.50 bits per heavy atom. The number of H-pyrrole nitrogens is 1. The van der Waals surface area contributed by atoms with Crippen molar-refractivity contribution < 1.29 is 9.53 Å². The fraction of sp³-hybridized carbons (Fsp3) is 0.105. The number of benzene rings is 2. The van der Waals surface area contributed by atoms with E-state index >= 15 is 0 Å². The van der Waals surface area contributed by atoms with Crippen molar-refractivity contribution in [1.82, 2.24) is 9.97 Å². The first-order valence-corrected chi connectivity index (χ1v) is 8.91. The predicted molar refractivity (Wildman–Crippen MR) is 102 cm³/mol. The number of hydrogen-bond donors (Lipinski definition) is 2. The molecule has 0 fully saturated rings. The van der Waals surface area contributed by atoms with E-state index in [0.717, 1.165) is 5.75 Å². The molecule has 0 bridgehead atoms. The summed E-state index contributed by atoms with van der Waals surface area (Å²) in [7, 11) is 0. The van der Waals surface area contributed by atoms with Crippen molar-refractivity contribution in [1.29, 1.82) is 0 Å². The molecule has 2 N–H and O–H groups in total. The second kappa shape index (κ2) is 8.35. The molecule has 0 unspecified atom stereocenters. The molecule has 0 atom stereocenters. The Morgan fingerprint density at radius 2 is 1.81 bits per heavy atom. The van der Waals surface area contributed by atoms with Gasteiger partial charge in [0.2, 0.25) is 5.91 Å². The second-order valence-corrected chi connectivity index (χ2v) is 6.43. The van der Waals surface area contributed by atoms with Crippen LogP contribution in [-0.4, -0.2) is 21.6 Å². The number of carbonyl (C=O) groups is 1. The summed E-state index contributed by atoms with van der Waals surface area (Å²) in [6.45, 7) is 1.73. The molecule has 7 heteroatoms. The predicted octanol–water partition coefficient (Wildman–Crippen LogP) is 3.60. The van der Waals surface area contributed by atoms with Crippen molar-refractivity contribution in [3.05, 3.63) is 76.7 Å². The van der Waals surface area contributed by atoms with E-state index in [9.17, 15) is 9.59 Å². The average molecular weight is 367 g/mol. The summed E-state index contributed by atoms with van der Waals surface area (Å²) in [5, 5.41) is 3.22. The Bertz CT molecular complexity index is 940. The molecular formula is C19H17N3O3S. The lowest BCUT2D eigenvalue weighted by Crippen LogP contribution is -2.15. The molecule has 6 nitrogen and oxygen atoms in total. The number of ether oxygens (including phenoxy) is 1. The van der Waals surface area contributed by atoms with Gasteiger partial charge in [0.25, 0.3) is 5.56 Å². The van der Waals surface area contributed by atoms with E-state index in [0.29, 0.717) is 22.3 Å². The summed E-state index contributed by atoms with van der Waals surface area (Å²) in [6.07, 6.45) is 0. The monoisotopic (exact) mass is 367 g/mol. The van der Waals surface area contributed by atoms with Gasteiger partial charge in [0.1, 0.15) is 11.5 Å². The molecule has 3 rings (SSSR count). The van der Waals surface area contributed by atoms with E-state index in [-0.39, 0.29) is 17.2 Å². The van der Waals surface area contributed by atoms with Crippen LogP contribution in [0.1, 0.15) is 5.69 Å². The highest BCUT2D eigenvalue weighted by Gasteiger charge is 2.06. The third-order valence-electron chi connectivity index (χ3n) is 3.30. The van der Waals surface area contributed by atoms with Crippen molar-refractivity contribution in [2.45, 2.75) is 12.1 Å². The first-order chi connectivity index (χ1) is 12.6. The molecule has 0 aliphatic rings. The van der Waals surface area contributed by atoms with Crippen LogP contribution in [0.5, 0.6) is 11.5 Å². The van der Waals surface area contributed by atoms with Crippen LogP contribution >= 0.6 is 11.8 Å². The number of aromatic nitrogens is 2. The highest BCUT2D eigenvalue weighted by molar-refractivity contribution is 7.99. The van der Waals surface area contributed by atoms with Gasteiger partial charge in [-0.25, -0.2) is 4.98 Å². The molecule has 1 amide bonds. The summed E-state index contributed by atoms with van der Waals surface area (Å²) < 4.78 is 5.71. The Labute approximate surface area is 154 Å². The third-order valence-corrected chi connectivity index (χ3v) is 4.18. The maximum absolute atomic E-state index is 12.0. The molecule has 1 aromatic heterocycles. The molecule has 2 aromatic carbocycles. The number of carbonyl (C=O) groups excluding carboxylic acids is 1. The van der Waals surface area contributed by atoms with Gasteiger partial charge in [0.15, 0.2) is 5.16 Å². The van der Waals surface area contributed by atoms with Gasteiger partial charge in [-0.05, 0) is 43.3 Å². The number of anilines is 1. The van der Waals surface area contributed by atoms with Crippen LogP contribution in [0.3, 0.4) is 0 Å². The standard InChI is InChI=1S/C19H17N3O3S/c1-13-11-17(23)22-19(20-13)26-12-18(24)21-14-7-9-16(10-8-14)25-15-5-3-2-4-6-15/h2-11H,12H2,1H3,(H,21,24)(H,20,22,23). The van der Waals surface area contributed by atoms with E-state index in [4.69, 9.17) is 4.74 Å². The van der Waals surface area contributed by atoms with Gasteiger partial charge in [-0.15, -0.1) is 0 Å². The number of aryl methyl sites for hydroxylation is 1. The van der Waals surface area contributed by atoms with Gasteiger partial charge in [-0.3, -0.25) is 9.59 Å². The van der Waals surface area contributed by atoms with Gasteiger partial charge in [-0.2, -0.15) is 0 Å². The Balaban J connectivity index is 1.53. The molecule has 0 aliphatic carbocycles. The number of rotatable bonds is 6. The average Bonchev–Trinajstić information content (AvgIpc) is 2.62. The van der Waals surface area contributed by atoms with Gasteiger partial charge in [-0.1, -0.05) is 30.0 Å². The first-order valence-electron chi connectivity index (χ1n) is 7.92. The lowest BCUT2D eigenvalue weighted by molar-refractivity contribution is -0.113. The summed E-state index contributed by atoms with van der Waals surface area (Å²) in [5.74, 6) is 1.40. The summed E-state index contributed by atoms with van der Waals surface area (Å²) in [4.78, 5) is 30.2. The molecule has 0 saturated heterocycles. The number of para-hydroxylation sites is 1. The van der Waals surface area contributed by atoms with Crippen LogP contribution in [0.25, 0.3) is 0 Å². The minimum absolute atomic E-state index is 0.147. The minimum atomic E-state index is -0.227. The number of nitrogens with zero attached hydrogens (tertiary/aromatic N) is 1. The van der Waals surface area contributed by atoms with Crippen LogP contribution in [0.4, 0.5) is 5.69 Å². The zero-order chi connectivity index (χ0) is 18.4. The molecule has 1 heterocycles. The topological polar surface area (TPSA) is 84.1 Å². The van der Waals surface area contributed by atoms with Crippen molar-refractivity contribution in [3.8, 4) is 11.5 Å². The minimum Gasteiger partial charge on any atom is -0.457 e. The lowest BCUT2D eigenvalue weighted by atomic mass is 10.3. The van der Waals surface area contributed by atoms with Gasteiger partial charge in [0, 0.05) is 17.4 Å². The van der Waals surface area contributed by atoms with Crippen molar-refractivity contribution >= 4 is 23.4 Å². The molecule has 0 spiro atoms. The van der Waals surface area contributed by atoms with E-state index in [1.807, 2.05) is 30.3 Å². The maximum atomic E-state index is 12.0.